The summed E-state index contributed by atoms with van der Waals surface area (Å²) in [7, 11) is 3.06. The van der Waals surface area contributed by atoms with Crippen LogP contribution in [-0.4, -0.2) is 20.0 Å². The van der Waals surface area contributed by atoms with Gasteiger partial charge in [0.1, 0.15) is 11.5 Å². The van der Waals surface area contributed by atoms with Crippen LogP contribution in [0.1, 0.15) is 21.5 Å². The molecule has 0 aromatic heterocycles. The monoisotopic (exact) mass is 349 g/mol. The summed E-state index contributed by atoms with van der Waals surface area (Å²) in [6, 6.07) is 8.54. The molecule has 0 aliphatic heterocycles. The number of rotatable bonds is 4. The van der Waals surface area contributed by atoms with Crippen LogP contribution in [0.15, 0.2) is 34.8 Å². The molecule has 0 fully saturated rings. The number of anilines is 1. The fourth-order valence-corrected chi connectivity index (χ4v) is 2.39. The van der Waals surface area contributed by atoms with Gasteiger partial charge in [-0.15, -0.1) is 0 Å². The summed E-state index contributed by atoms with van der Waals surface area (Å²) in [5, 5.41) is 0. The maximum atomic E-state index is 12.8. The number of nitrogen functional groups attached to an aromatic ring is 1. The average molecular weight is 350 g/mol. The third-order valence-corrected chi connectivity index (χ3v) is 4.05. The second kappa shape index (κ2) is 6.18. The van der Waals surface area contributed by atoms with Gasteiger partial charge in [-0.25, -0.2) is 0 Å². The molecule has 5 heteroatoms. The molecule has 0 saturated heterocycles. The first kappa shape index (κ1) is 15.4. The molecule has 0 amide bonds. The summed E-state index contributed by atoms with van der Waals surface area (Å²) in [5.41, 5.74) is 8.13. The third kappa shape index (κ3) is 3.03. The quantitative estimate of drug-likeness (QED) is 0.676. The van der Waals surface area contributed by atoms with E-state index >= 15 is 0 Å². The molecule has 0 saturated carbocycles. The number of hydrogen-bond acceptors (Lipinski definition) is 4. The Morgan fingerprint density at radius 1 is 1.05 bits per heavy atom. The van der Waals surface area contributed by atoms with Gasteiger partial charge in [-0.05, 0) is 42.8 Å². The largest absolute Gasteiger partial charge is 0.496 e. The number of methoxy groups -OCH3 is 2. The third-order valence-electron chi connectivity index (χ3n) is 3.19. The molecule has 2 rings (SSSR count). The van der Waals surface area contributed by atoms with Crippen molar-refractivity contribution in [2.75, 3.05) is 20.0 Å². The second-order valence-electron chi connectivity index (χ2n) is 4.59. The van der Waals surface area contributed by atoms with E-state index in [1.165, 1.54) is 14.2 Å². The molecule has 0 unspecified atom stereocenters. The number of benzene rings is 2. The van der Waals surface area contributed by atoms with Gasteiger partial charge in [0.15, 0.2) is 0 Å². The van der Waals surface area contributed by atoms with E-state index in [2.05, 4.69) is 15.9 Å². The topological polar surface area (TPSA) is 61.5 Å². The van der Waals surface area contributed by atoms with Gasteiger partial charge in [0.25, 0.3) is 0 Å². The smallest absolute Gasteiger partial charge is 0.200 e. The van der Waals surface area contributed by atoms with E-state index < -0.39 is 0 Å². The van der Waals surface area contributed by atoms with E-state index in [4.69, 9.17) is 15.2 Å². The number of ether oxygens (including phenoxy) is 2. The van der Waals surface area contributed by atoms with Gasteiger partial charge in [0.2, 0.25) is 5.78 Å². The standard InChI is InChI=1S/C16H16BrNO3/c1-9-6-15(21-3)12(8-13(9)17)16(19)11-7-10(18)4-5-14(11)20-2/h4-8H,18H2,1-3H3. The van der Waals surface area contributed by atoms with Crippen LogP contribution >= 0.6 is 15.9 Å². The lowest BCUT2D eigenvalue weighted by Crippen LogP contribution is -2.07. The van der Waals surface area contributed by atoms with Crippen LogP contribution in [0.2, 0.25) is 0 Å². The molecule has 0 radical (unpaired) electrons. The predicted octanol–water partition coefficient (Wildman–Crippen LogP) is 3.59. The normalized spacial score (nSPS) is 10.3. The summed E-state index contributed by atoms with van der Waals surface area (Å²) in [4.78, 5) is 12.8. The lowest BCUT2D eigenvalue weighted by molar-refractivity contribution is 0.103. The highest BCUT2D eigenvalue weighted by Gasteiger charge is 2.20. The van der Waals surface area contributed by atoms with Gasteiger partial charge < -0.3 is 15.2 Å². The number of halogens is 1. The van der Waals surface area contributed by atoms with Gasteiger partial charge in [-0.1, -0.05) is 15.9 Å². The molecule has 0 aliphatic rings. The van der Waals surface area contributed by atoms with Crippen molar-refractivity contribution in [3.8, 4) is 11.5 Å². The molecule has 21 heavy (non-hydrogen) atoms. The van der Waals surface area contributed by atoms with Crippen molar-refractivity contribution in [1.82, 2.24) is 0 Å². The minimum atomic E-state index is -0.197. The molecule has 2 aromatic rings. The highest BCUT2D eigenvalue weighted by atomic mass is 79.9. The van der Waals surface area contributed by atoms with Crippen molar-refractivity contribution in [1.29, 1.82) is 0 Å². The highest BCUT2D eigenvalue weighted by Crippen LogP contribution is 2.31. The molecule has 0 atom stereocenters. The Hall–Kier alpha value is -2.01. The van der Waals surface area contributed by atoms with E-state index in [-0.39, 0.29) is 5.78 Å². The molecular weight excluding hydrogens is 334 g/mol. The fourth-order valence-electron chi connectivity index (χ4n) is 2.05. The van der Waals surface area contributed by atoms with E-state index in [9.17, 15) is 4.79 Å². The van der Waals surface area contributed by atoms with Gasteiger partial charge in [-0.2, -0.15) is 0 Å². The first-order valence-corrected chi connectivity index (χ1v) is 7.09. The van der Waals surface area contributed by atoms with Crippen molar-refractivity contribution in [2.45, 2.75) is 6.92 Å². The zero-order chi connectivity index (χ0) is 15.6. The Kier molecular flexibility index (Phi) is 4.53. The molecule has 2 N–H and O–H groups in total. The van der Waals surface area contributed by atoms with Crippen LogP contribution in [0.4, 0.5) is 5.69 Å². The Morgan fingerprint density at radius 3 is 2.29 bits per heavy atom. The van der Waals surface area contributed by atoms with Gasteiger partial charge in [0, 0.05) is 10.2 Å². The van der Waals surface area contributed by atoms with Gasteiger partial charge in [-0.3, -0.25) is 4.79 Å². The van der Waals surface area contributed by atoms with E-state index in [1.54, 1.807) is 24.3 Å². The average Bonchev–Trinajstić information content (AvgIpc) is 2.48. The fraction of sp³-hybridized carbons (Fsp3) is 0.188. The van der Waals surface area contributed by atoms with E-state index in [0.717, 1.165) is 10.0 Å². The van der Waals surface area contributed by atoms with Crippen molar-refractivity contribution < 1.29 is 14.3 Å². The lowest BCUT2D eigenvalue weighted by atomic mass is 9.99. The zero-order valence-corrected chi connectivity index (χ0v) is 13.7. The molecule has 4 nitrogen and oxygen atoms in total. The Morgan fingerprint density at radius 2 is 1.67 bits per heavy atom. The molecular formula is C16H16BrNO3. The maximum Gasteiger partial charge on any atom is 0.200 e. The highest BCUT2D eigenvalue weighted by molar-refractivity contribution is 9.10. The second-order valence-corrected chi connectivity index (χ2v) is 5.44. The summed E-state index contributed by atoms with van der Waals surface area (Å²) in [5.74, 6) is 0.801. The van der Waals surface area contributed by atoms with Crippen LogP contribution in [0.3, 0.4) is 0 Å². The number of nitrogens with two attached hydrogens (primary N) is 1. The molecule has 2 aromatic carbocycles. The maximum absolute atomic E-state index is 12.8. The van der Waals surface area contributed by atoms with Gasteiger partial charge >= 0.3 is 0 Å². The molecule has 110 valence electrons. The van der Waals surface area contributed by atoms with E-state index in [1.807, 2.05) is 13.0 Å². The van der Waals surface area contributed by atoms with Gasteiger partial charge in [0.05, 0.1) is 25.3 Å². The number of carbonyl (C=O) groups excluding carboxylic acids is 1. The first-order valence-electron chi connectivity index (χ1n) is 6.30. The number of hydrogen-bond donors (Lipinski definition) is 1. The molecule has 0 heterocycles. The van der Waals surface area contributed by atoms with Crippen molar-refractivity contribution in [2.24, 2.45) is 0 Å². The summed E-state index contributed by atoms with van der Waals surface area (Å²) in [6.07, 6.45) is 0. The Bertz CT molecular complexity index is 698. The van der Waals surface area contributed by atoms with Crippen LogP contribution < -0.4 is 15.2 Å². The SMILES string of the molecule is COc1ccc(N)cc1C(=O)c1cc(Br)c(C)cc1OC. The molecule has 0 aliphatic carbocycles. The minimum absolute atomic E-state index is 0.197. The lowest BCUT2D eigenvalue weighted by Gasteiger charge is -2.13. The van der Waals surface area contributed by atoms with Crippen molar-refractivity contribution >= 4 is 27.4 Å². The van der Waals surface area contributed by atoms with E-state index in [0.29, 0.717) is 28.3 Å². The minimum Gasteiger partial charge on any atom is -0.496 e. The van der Waals surface area contributed by atoms with Crippen LogP contribution in [0.5, 0.6) is 11.5 Å². The molecule has 0 bridgehead atoms. The molecule has 0 spiro atoms. The number of ketones is 1. The Labute approximate surface area is 132 Å². The summed E-state index contributed by atoms with van der Waals surface area (Å²) >= 11 is 3.44. The van der Waals surface area contributed by atoms with Crippen LogP contribution in [0.25, 0.3) is 0 Å². The number of carbonyl (C=O) groups is 1. The van der Waals surface area contributed by atoms with Crippen molar-refractivity contribution in [3.63, 3.8) is 0 Å². The zero-order valence-electron chi connectivity index (χ0n) is 12.1. The van der Waals surface area contributed by atoms with Crippen molar-refractivity contribution in [3.05, 3.63) is 51.5 Å². The van der Waals surface area contributed by atoms with Crippen LogP contribution in [0, 0.1) is 6.92 Å². The van der Waals surface area contributed by atoms with Crippen LogP contribution in [-0.2, 0) is 0 Å². The number of aryl methyl sites for hydroxylation is 1. The Balaban J connectivity index is 2.59. The first-order chi connectivity index (χ1) is 9.97. The predicted molar refractivity (Wildman–Crippen MR) is 86.3 cm³/mol. The summed E-state index contributed by atoms with van der Waals surface area (Å²) < 4.78 is 11.4. The summed E-state index contributed by atoms with van der Waals surface area (Å²) in [6.45, 7) is 1.93.